The van der Waals surface area contributed by atoms with Gasteiger partial charge in [0.05, 0.1) is 29.0 Å². The maximum Gasteiger partial charge on any atom is 0.235 e. The van der Waals surface area contributed by atoms with Crippen LogP contribution in [0.3, 0.4) is 0 Å². The number of carbonyl (C=O) groups is 1. The number of halogens is 1. The van der Waals surface area contributed by atoms with Crippen molar-refractivity contribution < 1.29 is 9.18 Å². The molecule has 1 aliphatic carbocycles. The van der Waals surface area contributed by atoms with E-state index in [1.165, 1.54) is 12.1 Å². The van der Waals surface area contributed by atoms with Gasteiger partial charge in [-0.05, 0) is 42.7 Å². The Morgan fingerprint density at radius 1 is 1.13 bits per heavy atom. The Bertz CT molecular complexity index is 1210. The molecule has 4 aromatic rings. The van der Waals surface area contributed by atoms with Gasteiger partial charge in [-0.2, -0.15) is 5.10 Å². The maximum absolute atomic E-state index is 13.8. The largest absolute Gasteiger partial charge is 0.323 e. The highest BCUT2D eigenvalue weighted by Crippen LogP contribution is 2.42. The molecule has 0 radical (unpaired) electrons. The molecule has 8 heteroatoms. The highest BCUT2D eigenvalue weighted by atomic mass is 19.1. The monoisotopic (exact) mass is 404 g/mol. The van der Waals surface area contributed by atoms with Gasteiger partial charge in [-0.15, -0.1) is 5.10 Å². The van der Waals surface area contributed by atoms with Crippen LogP contribution in [-0.4, -0.2) is 30.7 Å². The van der Waals surface area contributed by atoms with Gasteiger partial charge in [-0.25, -0.2) is 13.8 Å². The van der Waals surface area contributed by atoms with Crippen molar-refractivity contribution in [3.8, 4) is 0 Å². The number of rotatable bonds is 5. The summed E-state index contributed by atoms with van der Waals surface area (Å²) in [4.78, 5) is 13.3. The van der Waals surface area contributed by atoms with Crippen LogP contribution in [0, 0.1) is 5.82 Å². The van der Waals surface area contributed by atoms with E-state index in [1.54, 1.807) is 27.8 Å². The van der Waals surface area contributed by atoms with Crippen LogP contribution < -0.4 is 5.32 Å². The van der Waals surface area contributed by atoms with Crippen molar-refractivity contribution in [1.29, 1.82) is 0 Å². The first kappa shape index (κ1) is 18.5. The smallest absolute Gasteiger partial charge is 0.235 e. The van der Waals surface area contributed by atoms with E-state index in [0.717, 1.165) is 29.4 Å². The molecule has 30 heavy (non-hydrogen) atoms. The molecule has 0 saturated heterocycles. The Kier molecular flexibility index (Phi) is 4.54. The van der Waals surface area contributed by atoms with Crippen molar-refractivity contribution in [2.45, 2.75) is 37.8 Å². The predicted octanol–water partition coefficient (Wildman–Crippen LogP) is 3.72. The molecule has 152 valence electrons. The van der Waals surface area contributed by atoms with Gasteiger partial charge in [0.25, 0.3) is 0 Å². The van der Waals surface area contributed by atoms with Gasteiger partial charge >= 0.3 is 0 Å². The average Bonchev–Trinajstić information content (AvgIpc) is 3.49. The zero-order valence-electron chi connectivity index (χ0n) is 16.3. The highest BCUT2D eigenvalue weighted by Gasteiger charge is 2.43. The van der Waals surface area contributed by atoms with E-state index in [1.807, 2.05) is 30.3 Å². The quantitative estimate of drug-likeness (QED) is 0.550. The molecule has 0 unspecified atom stereocenters. The average molecular weight is 404 g/mol. The summed E-state index contributed by atoms with van der Waals surface area (Å²) in [5, 5.41) is 15.6. The van der Waals surface area contributed by atoms with Crippen molar-refractivity contribution in [2.75, 3.05) is 5.32 Å². The van der Waals surface area contributed by atoms with Gasteiger partial charge in [0.1, 0.15) is 18.0 Å². The number of hydrogen-bond donors (Lipinski definition) is 1. The van der Waals surface area contributed by atoms with Crippen LogP contribution in [0.25, 0.3) is 11.0 Å². The minimum atomic E-state index is -0.702. The van der Waals surface area contributed by atoms with E-state index >= 15 is 0 Å². The number of nitrogens with one attached hydrogen (secondary N) is 1. The fourth-order valence-electron chi connectivity index (χ4n) is 4.33. The lowest BCUT2D eigenvalue weighted by Crippen LogP contribution is -2.38. The third-order valence-electron chi connectivity index (χ3n) is 5.86. The Morgan fingerprint density at radius 2 is 1.97 bits per heavy atom. The second-order valence-electron chi connectivity index (χ2n) is 7.74. The molecule has 1 fully saturated rings. The first-order valence-corrected chi connectivity index (χ1v) is 10.0. The first-order chi connectivity index (χ1) is 14.6. The Hall–Kier alpha value is -3.55. The molecule has 1 aliphatic rings. The molecule has 2 heterocycles. The number of benzene rings is 2. The lowest BCUT2D eigenvalue weighted by Gasteiger charge is -2.28. The van der Waals surface area contributed by atoms with E-state index in [0.29, 0.717) is 25.2 Å². The Balaban J connectivity index is 1.36. The van der Waals surface area contributed by atoms with E-state index in [9.17, 15) is 9.18 Å². The molecule has 5 rings (SSSR count). The lowest BCUT2D eigenvalue weighted by atomic mass is 9.78. The molecule has 0 aliphatic heterocycles. The lowest BCUT2D eigenvalue weighted by molar-refractivity contribution is -0.121. The second kappa shape index (κ2) is 7.37. The molecular weight excluding hydrogens is 383 g/mol. The minimum absolute atomic E-state index is 0.114. The molecule has 2 aromatic carbocycles. The normalized spacial score (nSPS) is 15.5. The fourth-order valence-corrected chi connectivity index (χ4v) is 4.33. The standard InChI is InChI=1S/C22H21FN6O/c23-17-7-5-6-16(12-17)22(10-3-4-11-22)21(30)25-18-13-24-28(14-18)15-29-20-9-2-1-8-19(20)26-27-29/h1-2,5-9,12-14H,3-4,10-11,15H2,(H,25,30). The number of carbonyl (C=O) groups excluding carboxylic acids is 1. The molecule has 0 bridgehead atoms. The summed E-state index contributed by atoms with van der Waals surface area (Å²) in [7, 11) is 0. The molecule has 1 N–H and O–H groups in total. The third-order valence-corrected chi connectivity index (χ3v) is 5.86. The number of hydrogen-bond acceptors (Lipinski definition) is 4. The Morgan fingerprint density at radius 3 is 2.80 bits per heavy atom. The maximum atomic E-state index is 13.8. The molecule has 0 atom stereocenters. The summed E-state index contributed by atoms with van der Waals surface area (Å²) in [6, 6.07) is 14.1. The summed E-state index contributed by atoms with van der Waals surface area (Å²) in [5.74, 6) is -0.434. The van der Waals surface area contributed by atoms with Gasteiger partial charge in [-0.1, -0.05) is 42.3 Å². The third kappa shape index (κ3) is 3.24. The highest BCUT2D eigenvalue weighted by molar-refractivity contribution is 5.99. The first-order valence-electron chi connectivity index (χ1n) is 10.0. The molecule has 1 saturated carbocycles. The SMILES string of the molecule is O=C(Nc1cnn(Cn2nnc3ccccc32)c1)C1(c2cccc(F)c2)CCCC1. The van der Waals surface area contributed by atoms with Crippen molar-refractivity contribution in [1.82, 2.24) is 24.8 Å². The van der Waals surface area contributed by atoms with Crippen LogP contribution in [0.1, 0.15) is 31.2 Å². The van der Waals surface area contributed by atoms with Crippen molar-refractivity contribution in [3.05, 3.63) is 72.3 Å². The molecule has 1 amide bonds. The minimum Gasteiger partial charge on any atom is -0.323 e. The molecule has 7 nitrogen and oxygen atoms in total. The van der Waals surface area contributed by atoms with Crippen molar-refractivity contribution in [3.63, 3.8) is 0 Å². The van der Waals surface area contributed by atoms with E-state index < -0.39 is 5.41 Å². The second-order valence-corrected chi connectivity index (χ2v) is 7.74. The van der Waals surface area contributed by atoms with E-state index in [4.69, 9.17) is 0 Å². The number of nitrogens with zero attached hydrogens (tertiary/aromatic N) is 5. The summed E-state index contributed by atoms with van der Waals surface area (Å²) >= 11 is 0. The van der Waals surface area contributed by atoms with Crippen molar-refractivity contribution >= 4 is 22.6 Å². The van der Waals surface area contributed by atoms with Gasteiger partial charge < -0.3 is 5.32 Å². The zero-order chi connectivity index (χ0) is 20.6. The van der Waals surface area contributed by atoms with Crippen molar-refractivity contribution in [2.24, 2.45) is 0 Å². The zero-order valence-corrected chi connectivity index (χ0v) is 16.3. The van der Waals surface area contributed by atoms with E-state index in [2.05, 4.69) is 20.7 Å². The van der Waals surface area contributed by atoms with Gasteiger partial charge in [0, 0.05) is 0 Å². The number of aromatic nitrogens is 5. The Labute approximate surface area is 172 Å². The van der Waals surface area contributed by atoms with E-state index in [-0.39, 0.29) is 11.7 Å². The molecule has 0 spiro atoms. The summed E-state index contributed by atoms with van der Waals surface area (Å²) in [5.41, 5.74) is 2.36. The number of amides is 1. The number of fused-ring (bicyclic) bond motifs is 1. The van der Waals surface area contributed by atoms with Crippen LogP contribution in [0.5, 0.6) is 0 Å². The topological polar surface area (TPSA) is 77.6 Å². The predicted molar refractivity (Wildman–Crippen MR) is 110 cm³/mol. The molecular formula is C22H21FN6O. The summed E-state index contributed by atoms with van der Waals surface area (Å²) in [6.45, 7) is 0.380. The molecule has 2 aromatic heterocycles. The van der Waals surface area contributed by atoms with Crippen LogP contribution in [0.4, 0.5) is 10.1 Å². The summed E-state index contributed by atoms with van der Waals surface area (Å²) < 4.78 is 17.3. The van der Waals surface area contributed by atoms with Crippen LogP contribution >= 0.6 is 0 Å². The van der Waals surface area contributed by atoms with Crippen LogP contribution in [0.2, 0.25) is 0 Å². The van der Waals surface area contributed by atoms with Gasteiger partial charge in [0.15, 0.2) is 0 Å². The number of para-hydroxylation sites is 1. The van der Waals surface area contributed by atoms with Crippen LogP contribution in [-0.2, 0) is 16.9 Å². The summed E-state index contributed by atoms with van der Waals surface area (Å²) in [6.07, 6.45) is 6.70. The van der Waals surface area contributed by atoms with Gasteiger partial charge in [-0.3, -0.25) is 4.79 Å². The van der Waals surface area contributed by atoms with Crippen LogP contribution in [0.15, 0.2) is 60.9 Å². The fraction of sp³-hybridized carbons (Fsp3) is 0.273. The number of anilines is 1. The van der Waals surface area contributed by atoms with Gasteiger partial charge in [0.2, 0.25) is 5.91 Å².